The number of esters is 1. The van der Waals surface area contributed by atoms with Gasteiger partial charge in [0.25, 0.3) is 0 Å². The Morgan fingerprint density at radius 3 is 2.86 bits per heavy atom. The third kappa shape index (κ3) is 5.33. The highest BCUT2D eigenvalue weighted by Crippen LogP contribution is 2.22. The predicted octanol–water partition coefficient (Wildman–Crippen LogP) is 2.66. The van der Waals surface area contributed by atoms with Gasteiger partial charge in [0.05, 0.1) is 12.7 Å². The van der Waals surface area contributed by atoms with Crippen LogP contribution in [0.15, 0.2) is 24.3 Å². The van der Waals surface area contributed by atoms with Gasteiger partial charge in [0.15, 0.2) is 0 Å². The number of carbonyl (C=O) groups is 3. The maximum absolute atomic E-state index is 12.6. The highest BCUT2D eigenvalue weighted by molar-refractivity contribution is 5.89. The van der Waals surface area contributed by atoms with E-state index in [1.165, 1.54) is 7.11 Å². The van der Waals surface area contributed by atoms with Gasteiger partial charge >= 0.3 is 5.97 Å². The van der Waals surface area contributed by atoms with E-state index >= 15 is 0 Å². The van der Waals surface area contributed by atoms with Crippen molar-refractivity contribution >= 4 is 17.8 Å². The van der Waals surface area contributed by atoms with Crippen molar-refractivity contribution in [2.75, 3.05) is 33.3 Å². The number of amides is 2. The predicted molar refractivity (Wildman–Crippen MR) is 106 cm³/mol. The maximum atomic E-state index is 12.6. The molecule has 0 spiro atoms. The van der Waals surface area contributed by atoms with Gasteiger partial charge in [-0.3, -0.25) is 9.59 Å². The second-order valence-corrected chi connectivity index (χ2v) is 7.83. The molecule has 2 heterocycles. The van der Waals surface area contributed by atoms with E-state index in [0.717, 1.165) is 57.3 Å². The van der Waals surface area contributed by atoms with Crippen molar-refractivity contribution in [3.63, 3.8) is 0 Å². The number of methoxy groups -OCH3 is 1. The summed E-state index contributed by atoms with van der Waals surface area (Å²) in [4.78, 5) is 40.1. The van der Waals surface area contributed by atoms with Crippen molar-refractivity contribution in [1.82, 2.24) is 9.80 Å². The zero-order chi connectivity index (χ0) is 19.9. The van der Waals surface area contributed by atoms with Gasteiger partial charge in [-0.05, 0) is 49.3 Å². The number of carbonyl (C=O) groups excluding carboxylic acids is 3. The van der Waals surface area contributed by atoms with Crippen LogP contribution in [0.1, 0.15) is 54.4 Å². The lowest BCUT2D eigenvalue weighted by molar-refractivity contribution is -0.133. The van der Waals surface area contributed by atoms with E-state index in [-0.39, 0.29) is 17.8 Å². The monoisotopic (exact) mass is 386 g/mol. The van der Waals surface area contributed by atoms with Crippen molar-refractivity contribution in [1.29, 1.82) is 0 Å². The summed E-state index contributed by atoms with van der Waals surface area (Å²) in [6.45, 7) is 2.84. The van der Waals surface area contributed by atoms with Crippen LogP contribution in [0.5, 0.6) is 0 Å². The molecule has 6 nitrogen and oxygen atoms in total. The normalized spacial score (nSPS) is 20.2. The van der Waals surface area contributed by atoms with Gasteiger partial charge in [0, 0.05) is 39.0 Å². The first kappa shape index (κ1) is 20.4. The first-order valence-corrected chi connectivity index (χ1v) is 10.3. The number of likely N-dealkylation sites (tertiary alicyclic amines) is 2. The summed E-state index contributed by atoms with van der Waals surface area (Å²) in [5.41, 5.74) is 1.66. The third-order valence-electron chi connectivity index (χ3n) is 5.78. The fraction of sp³-hybridized carbons (Fsp3) is 0.591. The second-order valence-electron chi connectivity index (χ2n) is 7.83. The summed E-state index contributed by atoms with van der Waals surface area (Å²) in [7, 11) is 1.38. The van der Waals surface area contributed by atoms with Crippen LogP contribution < -0.4 is 0 Å². The Bertz CT molecular complexity index is 718. The molecule has 0 N–H and O–H groups in total. The molecule has 28 heavy (non-hydrogen) atoms. The number of nitrogens with zero attached hydrogens (tertiary/aromatic N) is 2. The molecule has 2 amide bonds. The molecular formula is C22H30N2O4. The van der Waals surface area contributed by atoms with Gasteiger partial charge < -0.3 is 14.5 Å². The molecule has 1 unspecified atom stereocenters. The number of hydrogen-bond donors (Lipinski definition) is 0. The maximum Gasteiger partial charge on any atom is 0.337 e. The Labute approximate surface area is 166 Å². The van der Waals surface area contributed by atoms with Gasteiger partial charge in [-0.25, -0.2) is 4.79 Å². The highest BCUT2D eigenvalue weighted by Gasteiger charge is 2.27. The van der Waals surface area contributed by atoms with Gasteiger partial charge in [-0.1, -0.05) is 18.6 Å². The summed E-state index contributed by atoms with van der Waals surface area (Å²) in [6.07, 6.45) is 5.95. The van der Waals surface area contributed by atoms with E-state index in [2.05, 4.69) is 0 Å². The Morgan fingerprint density at radius 1 is 1.18 bits per heavy atom. The first-order chi connectivity index (χ1) is 13.6. The molecule has 0 saturated carbocycles. The molecular weight excluding hydrogens is 356 g/mol. The molecule has 2 aliphatic rings. The van der Waals surface area contributed by atoms with Crippen molar-refractivity contribution in [2.45, 2.75) is 44.9 Å². The molecule has 2 aliphatic heterocycles. The number of benzene rings is 1. The Morgan fingerprint density at radius 2 is 2.04 bits per heavy atom. The van der Waals surface area contributed by atoms with Crippen LogP contribution in [0.25, 0.3) is 0 Å². The minimum atomic E-state index is -0.326. The molecule has 1 aromatic rings. The summed E-state index contributed by atoms with van der Waals surface area (Å²) in [5.74, 6) is 0.405. The summed E-state index contributed by atoms with van der Waals surface area (Å²) in [5, 5.41) is 0. The topological polar surface area (TPSA) is 66.9 Å². The number of rotatable bonds is 6. The fourth-order valence-corrected chi connectivity index (χ4v) is 4.17. The molecule has 2 fully saturated rings. The van der Waals surface area contributed by atoms with Gasteiger partial charge in [-0.15, -0.1) is 0 Å². The largest absolute Gasteiger partial charge is 0.465 e. The summed E-state index contributed by atoms with van der Waals surface area (Å²) >= 11 is 0. The average Bonchev–Trinajstić information content (AvgIpc) is 3.07. The number of ether oxygens (including phenoxy) is 1. The van der Waals surface area contributed by atoms with Crippen LogP contribution in [0.2, 0.25) is 0 Å². The molecule has 6 heteroatoms. The van der Waals surface area contributed by atoms with Crippen molar-refractivity contribution < 1.29 is 19.1 Å². The van der Waals surface area contributed by atoms with Crippen LogP contribution in [0.4, 0.5) is 0 Å². The Balaban J connectivity index is 1.47. The molecule has 1 aromatic carbocycles. The lowest BCUT2D eigenvalue weighted by Gasteiger charge is -2.22. The molecule has 0 aliphatic carbocycles. The zero-order valence-electron chi connectivity index (χ0n) is 16.7. The van der Waals surface area contributed by atoms with Gasteiger partial charge in [0.1, 0.15) is 0 Å². The minimum Gasteiger partial charge on any atom is -0.465 e. The quantitative estimate of drug-likeness (QED) is 0.705. The number of hydrogen-bond acceptors (Lipinski definition) is 4. The molecule has 0 bridgehead atoms. The average molecular weight is 386 g/mol. The molecule has 2 saturated heterocycles. The molecule has 3 rings (SSSR count). The zero-order valence-corrected chi connectivity index (χ0v) is 16.7. The SMILES string of the molecule is COC(=O)c1cccc(CC2CCN(C(=O)CCN3CCCCCC3=O)C2)c1. The lowest BCUT2D eigenvalue weighted by Crippen LogP contribution is -2.36. The fourth-order valence-electron chi connectivity index (χ4n) is 4.17. The molecule has 152 valence electrons. The highest BCUT2D eigenvalue weighted by atomic mass is 16.5. The van der Waals surface area contributed by atoms with E-state index < -0.39 is 0 Å². The van der Waals surface area contributed by atoms with Crippen LogP contribution in [-0.4, -0.2) is 60.9 Å². The standard InChI is InChI=1S/C22H30N2O4/c1-28-22(27)19-7-5-6-17(15-19)14-18-9-12-24(16-18)21(26)10-13-23-11-4-2-3-8-20(23)25/h5-7,15,18H,2-4,8-14,16H2,1H3. The lowest BCUT2D eigenvalue weighted by atomic mass is 9.97. The van der Waals surface area contributed by atoms with Gasteiger partial charge in [-0.2, -0.15) is 0 Å². The molecule has 1 atom stereocenters. The molecule has 0 radical (unpaired) electrons. The van der Waals surface area contributed by atoms with E-state index in [0.29, 0.717) is 30.9 Å². The van der Waals surface area contributed by atoms with Crippen LogP contribution in [0.3, 0.4) is 0 Å². The summed E-state index contributed by atoms with van der Waals surface area (Å²) < 4.78 is 4.78. The van der Waals surface area contributed by atoms with E-state index in [1.54, 1.807) is 6.07 Å². The molecule has 0 aromatic heterocycles. The van der Waals surface area contributed by atoms with E-state index in [1.807, 2.05) is 28.0 Å². The second kappa shape index (κ2) is 9.71. The van der Waals surface area contributed by atoms with Crippen LogP contribution in [0, 0.1) is 5.92 Å². The van der Waals surface area contributed by atoms with Crippen molar-refractivity contribution in [3.8, 4) is 0 Å². The minimum absolute atomic E-state index is 0.142. The summed E-state index contributed by atoms with van der Waals surface area (Å²) in [6, 6.07) is 7.52. The van der Waals surface area contributed by atoms with Crippen LogP contribution in [-0.2, 0) is 20.7 Å². The van der Waals surface area contributed by atoms with Crippen LogP contribution >= 0.6 is 0 Å². The first-order valence-electron chi connectivity index (χ1n) is 10.3. The Kier molecular flexibility index (Phi) is 7.06. The van der Waals surface area contributed by atoms with E-state index in [4.69, 9.17) is 4.74 Å². The third-order valence-corrected chi connectivity index (χ3v) is 5.78. The van der Waals surface area contributed by atoms with Crippen molar-refractivity contribution in [3.05, 3.63) is 35.4 Å². The van der Waals surface area contributed by atoms with Gasteiger partial charge in [0.2, 0.25) is 11.8 Å². The van der Waals surface area contributed by atoms with E-state index in [9.17, 15) is 14.4 Å². The van der Waals surface area contributed by atoms with Crippen molar-refractivity contribution in [2.24, 2.45) is 5.92 Å². The smallest absolute Gasteiger partial charge is 0.337 e. The Hall–Kier alpha value is -2.37.